The molecule has 0 spiro atoms. The highest BCUT2D eigenvalue weighted by Crippen LogP contribution is 2.10. The molecule has 1 aromatic rings. The normalized spacial score (nSPS) is 12.8. The highest BCUT2D eigenvalue weighted by atomic mass is 19.1. The average molecular weight is 335 g/mol. The van der Waals surface area contributed by atoms with Gasteiger partial charge in [0.2, 0.25) is 17.7 Å². The van der Waals surface area contributed by atoms with E-state index in [4.69, 9.17) is 5.73 Å². The van der Waals surface area contributed by atoms with Crippen molar-refractivity contribution in [2.45, 2.75) is 38.8 Å². The van der Waals surface area contributed by atoms with E-state index in [0.717, 1.165) is 0 Å². The predicted molar refractivity (Wildman–Crippen MR) is 88.3 cm³/mol. The van der Waals surface area contributed by atoms with Gasteiger partial charge in [0, 0.05) is 13.3 Å². The lowest BCUT2D eigenvalue weighted by atomic mass is 10.0. The van der Waals surface area contributed by atoms with Gasteiger partial charge >= 0.3 is 0 Å². The van der Waals surface area contributed by atoms with E-state index in [1.165, 1.54) is 25.1 Å². The number of nitrogens with one attached hydrogen (secondary N) is 2. The molecule has 2 atom stereocenters. The third-order valence-electron chi connectivity index (χ3n) is 3.29. The van der Waals surface area contributed by atoms with Crippen LogP contribution in [-0.2, 0) is 20.8 Å². The minimum Gasteiger partial charge on any atom is -0.368 e. The van der Waals surface area contributed by atoms with E-state index in [9.17, 15) is 18.8 Å². The summed E-state index contributed by atoms with van der Waals surface area (Å²) >= 11 is 0. The molecule has 1 rings (SSSR count). The van der Waals surface area contributed by atoms with Crippen LogP contribution in [-0.4, -0.2) is 29.8 Å². The molecule has 0 unspecified atom stereocenters. The summed E-state index contributed by atoms with van der Waals surface area (Å²) < 4.78 is 13.8. The molecule has 0 saturated heterocycles. The summed E-state index contributed by atoms with van der Waals surface area (Å²) in [6.07, 6.45) is 0.143. The molecule has 1 aromatic carbocycles. The summed E-state index contributed by atoms with van der Waals surface area (Å²) in [5.74, 6) is -2.24. The third-order valence-corrected chi connectivity index (χ3v) is 3.29. The van der Waals surface area contributed by atoms with Crippen LogP contribution in [0.4, 0.5) is 4.39 Å². The summed E-state index contributed by atoms with van der Waals surface area (Å²) in [4.78, 5) is 35.2. The van der Waals surface area contributed by atoms with E-state index in [0.29, 0.717) is 5.57 Å². The molecule has 0 radical (unpaired) electrons. The first-order valence-corrected chi connectivity index (χ1v) is 7.45. The SMILES string of the molecule is C=C(C)C[C@H](NC(=O)[C@@H](Cc1ccccc1F)NC(C)=O)C(N)=O. The van der Waals surface area contributed by atoms with Crippen molar-refractivity contribution in [1.29, 1.82) is 0 Å². The summed E-state index contributed by atoms with van der Waals surface area (Å²) in [7, 11) is 0. The maximum absolute atomic E-state index is 13.8. The van der Waals surface area contributed by atoms with Crippen LogP contribution >= 0.6 is 0 Å². The Bertz CT molecular complexity index is 646. The van der Waals surface area contributed by atoms with Gasteiger partial charge in [-0.3, -0.25) is 14.4 Å². The standard InChI is InChI=1S/C17H22FN3O3/c1-10(2)8-14(16(19)23)21-17(24)15(20-11(3)22)9-12-6-4-5-7-13(12)18/h4-7,14-15H,1,8-9H2,2-3H3,(H2,19,23)(H,20,22)(H,21,24)/t14-,15+/m0/s1. The molecule has 0 fully saturated rings. The number of hydrogen-bond donors (Lipinski definition) is 3. The first-order valence-electron chi connectivity index (χ1n) is 7.45. The first kappa shape index (κ1) is 19.3. The maximum Gasteiger partial charge on any atom is 0.243 e. The van der Waals surface area contributed by atoms with Gasteiger partial charge in [-0.1, -0.05) is 23.8 Å². The van der Waals surface area contributed by atoms with Gasteiger partial charge in [-0.25, -0.2) is 4.39 Å². The van der Waals surface area contributed by atoms with Crippen molar-refractivity contribution in [2.24, 2.45) is 5.73 Å². The zero-order valence-corrected chi connectivity index (χ0v) is 13.8. The lowest BCUT2D eigenvalue weighted by Crippen LogP contribution is -2.53. The van der Waals surface area contributed by atoms with Crippen molar-refractivity contribution in [1.82, 2.24) is 10.6 Å². The van der Waals surface area contributed by atoms with E-state index < -0.39 is 35.6 Å². The van der Waals surface area contributed by atoms with Gasteiger partial charge in [-0.15, -0.1) is 6.58 Å². The van der Waals surface area contributed by atoms with Gasteiger partial charge in [0.05, 0.1) is 0 Å². The molecular weight excluding hydrogens is 313 g/mol. The highest BCUT2D eigenvalue weighted by Gasteiger charge is 2.25. The fourth-order valence-corrected chi connectivity index (χ4v) is 2.18. The molecule has 6 nitrogen and oxygen atoms in total. The Morgan fingerprint density at radius 2 is 1.79 bits per heavy atom. The number of hydrogen-bond acceptors (Lipinski definition) is 3. The Balaban J connectivity index is 2.92. The number of rotatable bonds is 8. The Hall–Kier alpha value is -2.70. The van der Waals surface area contributed by atoms with Crippen LogP contribution in [0.15, 0.2) is 36.4 Å². The number of carbonyl (C=O) groups excluding carboxylic acids is 3. The van der Waals surface area contributed by atoms with Crippen LogP contribution < -0.4 is 16.4 Å². The monoisotopic (exact) mass is 335 g/mol. The summed E-state index contributed by atoms with van der Waals surface area (Å²) in [5.41, 5.74) is 6.22. The molecule has 7 heteroatoms. The first-order chi connectivity index (χ1) is 11.2. The van der Waals surface area contributed by atoms with Gasteiger partial charge in [-0.2, -0.15) is 0 Å². The number of carbonyl (C=O) groups is 3. The van der Waals surface area contributed by atoms with E-state index in [-0.39, 0.29) is 18.4 Å². The molecule has 130 valence electrons. The molecule has 4 N–H and O–H groups in total. The molecular formula is C17H22FN3O3. The summed E-state index contributed by atoms with van der Waals surface area (Å²) in [6, 6.07) is 4.00. The van der Waals surface area contributed by atoms with Crippen LogP contribution in [0.25, 0.3) is 0 Å². The second-order valence-electron chi connectivity index (χ2n) is 5.67. The molecule has 0 heterocycles. The number of benzene rings is 1. The third kappa shape index (κ3) is 6.20. The van der Waals surface area contributed by atoms with Gasteiger partial charge < -0.3 is 16.4 Å². The maximum atomic E-state index is 13.8. The molecule has 0 aliphatic heterocycles. The molecule has 0 aromatic heterocycles. The van der Waals surface area contributed by atoms with Crippen molar-refractivity contribution < 1.29 is 18.8 Å². The Kier molecular flexibility index (Phi) is 7.10. The number of primary amides is 1. The van der Waals surface area contributed by atoms with Crippen LogP contribution in [0.5, 0.6) is 0 Å². The smallest absolute Gasteiger partial charge is 0.243 e. The van der Waals surface area contributed by atoms with Crippen molar-refractivity contribution >= 4 is 17.7 Å². The van der Waals surface area contributed by atoms with Gasteiger partial charge in [0.25, 0.3) is 0 Å². The number of halogens is 1. The highest BCUT2D eigenvalue weighted by molar-refractivity contribution is 5.91. The van der Waals surface area contributed by atoms with Crippen molar-refractivity contribution in [3.05, 3.63) is 47.8 Å². The summed E-state index contributed by atoms with van der Waals surface area (Å²) in [6.45, 7) is 6.63. The van der Waals surface area contributed by atoms with Crippen LogP contribution in [0, 0.1) is 5.82 Å². The fraction of sp³-hybridized carbons (Fsp3) is 0.353. The predicted octanol–water partition coefficient (Wildman–Crippen LogP) is 0.809. The van der Waals surface area contributed by atoms with Gasteiger partial charge in [0.1, 0.15) is 17.9 Å². The van der Waals surface area contributed by atoms with Crippen molar-refractivity contribution in [3.63, 3.8) is 0 Å². The second kappa shape index (κ2) is 8.81. The zero-order valence-electron chi connectivity index (χ0n) is 13.8. The van der Waals surface area contributed by atoms with Gasteiger partial charge in [-0.05, 0) is 25.0 Å². The topological polar surface area (TPSA) is 101 Å². The Morgan fingerprint density at radius 3 is 2.29 bits per heavy atom. The molecule has 24 heavy (non-hydrogen) atoms. The molecule has 0 aliphatic rings. The Morgan fingerprint density at radius 1 is 1.17 bits per heavy atom. The van der Waals surface area contributed by atoms with Gasteiger partial charge in [0.15, 0.2) is 0 Å². The minimum absolute atomic E-state index is 0.0450. The fourth-order valence-electron chi connectivity index (χ4n) is 2.18. The Labute approximate surface area is 140 Å². The van der Waals surface area contributed by atoms with Crippen LogP contribution in [0.1, 0.15) is 25.8 Å². The lowest BCUT2D eigenvalue weighted by Gasteiger charge is -2.22. The molecule has 0 saturated carbocycles. The zero-order chi connectivity index (χ0) is 18.3. The average Bonchev–Trinajstić information content (AvgIpc) is 2.47. The molecule has 0 aliphatic carbocycles. The van der Waals surface area contributed by atoms with E-state index in [2.05, 4.69) is 17.2 Å². The molecule has 0 bridgehead atoms. The van der Waals surface area contributed by atoms with Crippen LogP contribution in [0.3, 0.4) is 0 Å². The largest absolute Gasteiger partial charge is 0.368 e. The number of nitrogens with two attached hydrogens (primary N) is 1. The number of amides is 3. The van der Waals surface area contributed by atoms with Crippen LogP contribution in [0.2, 0.25) is 0 Å². The lowest BCUT2D eigenvalue weighted by molar-refractivity contribution is -0.130. The van der Waals surface area contributed by atoms with Crippen molar-refractivity contribution in [3.8, 4) is 0 Å². The minimum atomic E-state index is -1.02. The van der Waals surface area contributed by atoms with Crippen molar-refractivity contribution in [2.75, 3.05) is 0 Å². The van der Waals surface area contributed by atoms with E-state index in [1.54, 1.807) is 13.0 Å². The quantitative estimate of drug-likeness (QED) is 0.613. The summed E-state index contributed by atoms with van der Waals surface area (Å²) in [5, 5.41) is 4.94. The van der Waals surface area contributed by atoms with E-state index >= 15 is 0 Å². The second-order valence-corrected chi connectivity index (χ2v) is 5.67. The molecule has 3 amide bonds. The van der Waals surface area contributed by atoms with E-state index in [1.807, 2.05) is 0 Å².